The smallest absolute Gasteiger partial charge is 0.163 e. The second-order valence-electron chi connectivity index (χ2n) is 7.77. The molecule has 0 aliphatic heterocycles. The Morgan fingerprint density at radius 1 is 1.33 bits per heavy atom. The number of hydrogen-bond acceptors (Lipinski definition) is 3. The van der Waals surface area contributed by atoms with Crippen molar-refractivity contribution in [2.75, 3.05) is 0 Å². The molecule has 0 radical (unpaired) electrons. The van der Waals surface area contributed by atoms with Crippen LogP contribution in [-0.2, 0) is 0 Å². The summed E-state index contributed by atoms with van der Waals surface area (Å²) in [6.45, 7) is 8.58. The SMILES string of the molecule is CC(C)c1nncn1-c1cc(Br)cc(C(=O)CC(C)(C)C2CC2)c1. The summed E-state index contributed by atoms with van der Waals surface area (Å²) in [5, 5.41) is 8.23. The van der Waals surface area contributed by atoms with Crippen molar-refractivity contribution in [1.29, 1.82) is 0 Å². The van der Waals surface area contributed by atoms with Crippen molar-refractivity contribution >= 4 is 21.7 Å². The molecule has 0 saturated heterocycles. The lowest BCUT2D eigenvalue weighted by Gasteiger charge is -2.23. The summed E-state index contributed by atoms with van der Waals surface area (Å²) in [5.74, 6) is 2.05. The number of benzene rings is 1. The van der Waals surface area contributed by atoms with Crippen LogP contribution in [0.2, 0.25) is 0 Å². The van der Waals surface area contributed by atoms with Gasteiger partial charge in [-0.3, -0.25) is 9.36 Å². The largest absolute Gasteiger partial charge is 0.294 e. The van der Waals surface area contributed by atoms with Crippen LogP contribution in [-0.4, -0.2) is 20.5 Å². The third-order valence-corrected chi connectivity index (χ3v) is 5.33. The summed E-state index contributed by atoms with van der Waals surface area (Å²) < 4.78 is 2.86. The van der Waals surface area contributed by atoms with Gasteiger partial charge in [-0.25, -0.2) is 0 Å². The fourth-order valence-electron chi connectivity index (χ4n) is 3.24. The van der Waals surface area contributed by atoms with E-state index < -0.39 is 0 Å². The molecule has 1 aromatic heterocycles. The van der Waals surface area contributed by atoms with Gasteiger partial charge in [-0.15, -0.1) is 10.2 Å². The molecule has 1 aliphatic rings. The molecule has 0 amide bonds. The molecule has 128 valence electrons. The highest BCUT2D eigenvalue weighted by Gasteiger charge is 2.39. The minimum atomic E-state index is 0.0826. The lowest BCUT2D eigenvalue weighted by Crippen LogP contribution is -2.19. The second kappa shape index (κ2) is 6.43. The lowest BCUT2D eigenvalue weighted by molar-refractivity contribution is 0.0917. The van der Waals surface area contributed by atoms with Crippen LogP contribution in [0.15, 0.2) is 29.0 Å². The van der Waals surface area contributed by atoms with Gasteiger partial charge in [0.2, 0.25) is 0 Å². The molecule has 0 atom stereocenters. The summed E-state index contributed by atoms with van der Waals surface area (Å²) >= 11 is 3.54. The number of hydrogen-bond donors (Lipinski definition) is 0. The number of carbonyl (C=O) groups excluding carboxylic acids is 1. The Labute approximate surface area is 151 Å². The van der Waals surface area contributed by atoms with Crippen molar-refractivity contribution in [3.63, 3.8) is 0 Å². The standard InChI is InChI=1S/C19H24BrN3O/c1-12(2)18-22-21-11-23(18)16-8-13(7-15(20)9-16)17(24)10-19(3,4)14-5-6-14/h7-9,11-12,14H,5-6,10H2,1-4H3. The Hall–Kier alpha value is -1.49. The number of rotatable bonds is 6. The maximum absolute atomic E-state index is 12.8. The molecule has 0 unspecified atom stereocenters. The molecular formula is C19H24BrN3O. The van der Waals surface area contributed by atoms with E-state index in [4.69, 9.17) is 0 Å². The van der Waals surface area contributed by atoms with E-state index in [0.29, 0.717) is 12.3 Å². The van der Waals surface area contributed by atoms with Crippen LogP contribution in [0.25, 0.3) is 5.69 Å². The van der Waals surface area contributed by atoms with Crippen molar-refractivity contribution in [1.82, 2.24) is 14.8 Å². The highest BCUT2D eigenvalue weighted by atomic mass is 79.9. The zero-order valence-electron chi connectivity index (χ0n) is 14.7. The maximum atomic E-state index is 12.8. The fraction of sp³-hybridized carbons (Fsp3) is 0.526. The Kier molecular flexibility index (Phi) is 4.65. The van der Waals surface area contributed by atoms with Gasteiger partial charge in [0.15, 0.2) is 5.78 Å². The van der Waals surface area contributed by atoms with E-state index >= 15 is 0 Å². The van der Waals surface area contributed by atoms with Gasteiger partial charge in [0.05, 0.1) is 5.69 Å². The Bertz CT molecular complexity index is 760. The average Bonchev–Trinajstić information content (AvgIpc) is 3.24. The van der Waals surface area contributed by atoms with Crippen molar-refractivity contribution in [3.8, 4) is 5.69 Å². The van der Waals surface area contributed by atoms with Crippen LogP contribution < -0.4 is 0 Å². The predicted octanol–water partition coefficient (Wildman–Crippen LogP) is 5.16. The zero-order valence-corrected chi connectivity index (χ0v) is 16.3. The molecule has 3 rings (SSSR count). The lowest BCUT2D eigenvalue weighted by atomic mass is 9.81. The molecule has 1 saturated carbocycles. The minimum absolute atomic E-state index is 0.0826. The minimum Gasteiger partial charge on any atom is -0.294 e. The highest BCUT2D eigenvalue weighted by Crippen LogP contribution is 2.47. The van der Waals surface area contributed by atoms with Gasteiger partial charge in [0.25, 0.3) is 0 Å². The molecule has 0 bridgehead atoms. The third-order valence-electron chi connectivity index (χ3n) is 4.87. The third kappa shape index (κ3) is 3.61. The van der Waals surface area contributed by atoms with E-state index in [9.17, 15) is 4.79 Å². The molecule has 0 N–H and O–H groups in total. The van der Waals surface area contributed by atoms with Crippen LogP contribution in [0.4, 0.5) is 0 Å². The maximum Gasteiger partial charge on any atom is 0.163 e. The molecule has 1 heterocycles. The van der Waals surface area contributed by atoms with Gasteiger partial charge in [-0.05, 0) is 42.4 Å². The monoisotopic (exact) mass is 389 g/mol. The van der Waals surface area contributed by atoms with Gasteiger partial charge in [-0.1, -0.05) is 43.6 Å². The van der Waals surface area contributed by atoms with E-state index in [2.05, 4.69) is 53.8 Å². The van der Waals surface area contributed by atoms with E-state index in [1.807, 2.05) is 22.8 Å². The van der Waals surface area contributed by atoms with Crippen LogP contribution in [0, 0.1) is 11.3 Å². The zero-order chi connectivity index (χ0) is 17.5. The van der Waals surface area contributed by atoms with Crippen LogP contribution in [0.1, 0.15) is 69.1 Å². The van der Waals surface area contributed by atoms with Gasteiger partial charge < -0.3 is 0 Å². The molecule has 24 heavy (non-hydrogen) atoms. The van der Waals surface area contributed by atoms with Gasteiger partial charge >= 0.3 is 0 Å². The summed E-state index contributed by atoms with van der Waals surface area (Å²) in [4.78, 5) is 12.8. The van der Waals surface area contributed by atoms with Crippen molar-refractivity contribution < 1.29 is 4.79 Å². The molecule has 1 fully saturated rings. The van der Waals surface area contributed by atoms with E-state index in [-0.39, 0.29) is 17.1 Å². The molecular weight excluding hydrogens is 366 g/mol. The number of carbonyl (C=O) groups is 1. The molecule has 1 aliphatic carbocycles. The van der Waals surface area contributed by atoms with E-state index in [0.717, 1.165) is 21.5 Å². The molecule has 0 spiro atoms. The Morgan fingerprint density at radius 3 is 2.67 bits per heavy atom. The van der Waals surface area contributed by atoms with Crippen LogP contribution >= 0.6 is 15.9 Å². The Balaban J connectivity index is 1.91. The van der Waals surface area contributed by atoms with Crippen molar-refractivity contribution in [3.05, 3.63) is 40.4 Å². The Morgan fingerprint density at radius 2 is 2.04 bits per heavy atom. The second-order valence-corrected chi connectivity index (χ2v) is 8.69. The summed E-state index contributed by atoms with van der Waals surface area (Å²) in [5.41, 5.74) is 1.75. The first kappa shape index (κ1) is 17.3. The number of Topliss-reactive ketones (excluding diaryl/α,β-unsaturated/α-hetero) is 1. The van der Waals surface area contributed by atoms with Gasteiger partial charge in [-0.2, -0.15) is 0 Å². The van der Waals surface area contributed by atoms with Crippen LogP contribution in [0.5, 0.6) is 0 Å². The first-order chi connectivity index (χ1) is 11.3. The summed E-state index contributed by atoms with van der Waals surface area (Å²) in [6, 6.07) is 5.86. The molecule has 5 heteroatoms. The predicted molar refractivity (Wildman–Crippen MR) is 98.6 cm³/mol. The number of halogens is 1. The normalized spacial score (nSPS) is 15.1. The first-order valence-electron chi connectivity index (χ1n) is 8.52. The molecule has 2 aromatic rings. The topological polar surface area (TPSA) is 47.8 Å². The fourth-order valence-corrected chi connectivity index (χ4v) is 3.72. The summed E-state index contributed by atoms with van der Waals surface area (Å²) in [7, 11) is 0. The molecule has 1 aromatic carbocycles. The summed E-state index contributed by atoms with van der Waals surface area (Å²) in [6.07, 6.45) is 4.80. The number of nitrogens with zero attached hydrogens (tertiary/aromatic N) is 3. The average molecular weight is 390 g/mol. The number of ketones is 1. The number of aromatic nitrogens is 3. The molecule has 4 nitrogen and oxygen atoms in total. The van der Waals surface area contributed by atoms with Gasteiger partial charge in [0.1, 0.15) is 12.2 Å². The quantitative estimate of drug-likeness (QED) is 0.640. The van der Waals surface area contributed by atoms with Crippen molar-refractivity contribution in [2.45, 2.75) is 52.9 Å². The van der Waals surface area contributed by atoms with Gasteiger partial charge in [0, 0.05) is 22.4 Å². The van der Waals surface area contributed by atoms with E-state index in [1.54, 1.807) is 6.33 Å². The first-order valence-corrected chi connectivity index (χ1v) is 9.31. The highest BCUT2D eigenvalue weighted by molar-refractivity contribution is 9.10. The van der Waals surface area contributed by atoms with Crippen molar-refractivity contribution in [2.24, 2.45) is 11.3 Å². The van der Waals surface area contributed by atoms with E-state index in [1.165, 1.54) is 12.8 Å². The van der Waals surface area contributed by atoms with Crippen LogP contribution in [0.3, 0.4) is 0 Å².